The van der Waals surface area contributed by atoms with Gasteiger partial charge in [-0.05, 0) is 37.6 Å². The van der Waals surface area contributed by atoms with Crippen molar-refractivity contribution in [2.24, 2.45) is 0 Å². The molecular weight excluding hydrogens is 258 g/mol. The first-order chi connectivity index (χ1) is 10.2. The molecule has 0 aliphatic carbocycles. The SMILES string of the molecule is CCCCCC(=O)N(c1ccccc1)c1ccc(C)cc1. The van der Waals surface area contributed by atoms with Crippen LogP contribution in [0.2, 0.25) is 0 Å². The Bertz CT molecular complexity index is 560. The van der Waals surface area contributed by atoms with Gasteiger partial charge in [-0.3, -0.25) is 9.69 Å². The monoisotopic (exact) mass is 281 g/mol. The van der Waals surface area contributed by atoms with Crippen molar-refractivity contribution in [3.05, 3.63) is 60.2 Å². The molecule has 1 amide bonds. The van der Waals surface area contributed by atoms with E-state index < -0.39 is 0 Å². The summed E-state index contributed by atoms with van der Waals surface area (Å²) in [5, 5.41) is 0. The lowest BCUT2D eigenvalue weighted by molar-refractivity contribution is -0.118. The van der Waals surface area contributed by atoms with Gasteiger partial charge in [0.2, 0.25) is 5.91 Å². The van der Waals surface area contributed by atoms with Crippen molar-refractivity contribution < 1.29 is 4.79 Å². The summed E-state index contributed by atoms with van der Waals surface area (Å²) in [7, 11) is 0. The number of anilines is 2. The number of para-hydroxylation sites is 1. The molecule has 2 nitrogen and oxygen atoms in total. The topological polar surface area (TPSA) is 20.3 Å². The van der Waals surface area contributed by atoms with Crippen molar-refractivity contribution in [2.75, 3.05) is 4.90 Å². The van der Waals surface area contributed by atoms with E-state index in [1.807, 2.05) is 59.5 Å². The van der Waals surface area contributed by atoms with E-state index in [1.54, 1.807) is 0 Å². The third kappa shape index (κ3) is 4.19. The summed E-state index contributed by atoms with van der Waals surface area (Å²) in [5.41, 5.74) is 3.07. The molecule has 0 heterocycles. The van der Waals surface area contributed by atoms with Gasteiger partial charge < -0.3 is 0 Å². The van der Waals surface area contributed by atoms with Crippen LogP contribution in [0, 0.1) is 6.92 Å². The normalized spacial score (nSPS) is 10.4. The zero-order chi connectivity index (χ0) is 15.1. The summed E-state index contributed by atoms with van der Waals surface area (Å²) in [5.74, 6) is 0.165. The zero-order valence-corrected chi connectivity index (χ0v) is 12.9. The number of aryl methyl sites for hydroxylation is 1. The molecule has 2 aromatic rings. The average Bonchev–Trinajstić information content (AvgIpc) is 2.51. The molecule has 0 aliphatic rings. The van der Waals surface area contributed by atoms with E-state index in [4.69, 9.17) is 0 Å². The van der Waals surface area contributed by atoms with Crippen molar-refractivity contribution in [3.8, 4) is 0 Å². The van der Waals surface area contributed by atoms with E-state index in [0.29, 0.717) is 6.42 Å². The molecule has 0 atom stereocenters. The minimum atomic E-state index is 0.165. The van der Waals surface area contributed by atoms with Gasteiger partial charge in [0.1, 0.15) is 0 Å². The molecule has 0 aromatic heterocycles. The minimum Gasteiger partial charge on any atom is -0.281 e. The van der Waals surface area contributed by atoms with Crippen LogP contribution < -0.4 is 4.90 Å². The van der Waals surface area contributed by atoms with Crippen LogP contribution in [0.25, 0.3) is 0 Å². The highest BCUT2D eigenvalue weighted by Gasteiger charge is 2.17. The Morgan fingerprint density at radius 1 is 0.905 bits per heavy atom. The number of hydrogen-bond acceptors (Lipinski definition) is 1. The standard InChI is InChI=1S/C19H23NO/c1-3-4-6-11-19(21)20(17-9-7-5-8-10-17)18-14-12-16(2)13-15-18/h5,7-10,12-15H,3-4,6,11H2,1-2H3. The van der Waals surface area contributed by atoms with E-state index >= 15 is 0 Å². The van der Waals surface area contributed by atoms with Crippen LogP contribution in [-0.4, -0.2) is 5.91 Å². The molecule has 0 spiro atoms. The van der Waals surface area contributed by atoms with Gasteiger partial charge in [0.05, 0.1) is 0 Å². The van der Waals surface area contributed by atoms with Gasteiger partial charge in [0, 0.05) is 17.8 Å². The highest BCUT2D eigenvalue weighted by Crippen LogP contribution is 2.26. The Kier molecular flexibility index (Phi) is 5.56. The van der Waals surface area contributed by atoms with Gasteiger partial charge in [-0.15, -0.1) is 0 Å². The van der Waals surface area contributed by atoms with Crippen molar-refractivity contribution in [1.29, 1.82) is 0 Å². The predicted octanol–water partition coefficient (Wildman–Crippen LogP) is 5.24. The summed E-state index contributed by atoms with van der Waals surface area (Å²) >= 11 is 0. The van der Waals surface area contributed by atoms with E-state index in [9.17, 15) is 4.79 Å². The van der Waals surface area contributed by atoms with Crippen molar-refractivity contribution >= 4 is 17.3 Å². The lowest BCUT2D eigenvalue weighted by Gasteiger charge is -2.23. The van der Waals surface area contributed by atoms with Gasteiger partial charge >= 0.3 is 0 Å². The van der Waals surface area contributed by atoms with Crippen molar-refractivity contribution in [2.45, 2.75) is 39.5 Å². The number of rotatable bonds is 6. The fraction of sp³-hybridized carbons (Fsp3) is 0.316. The van der Waals surface area contributed by atoms with Crippen molar-refractivity contribution in [1.82, 2.24) is 0 Å². The Balaban J connectivity index is 2.26. The quantitative estimate of drug-likeness (QED) is 0.663. The number of unbranched alkanes of at least 4 members (excludes halogenated alkanes) is 2. The van der Waals surface area contributed by atoms with Gasteiger partial charge in [0.25, 0.3) is 0 Å². The van der Waals surface area contributed by atoms with Crippen LogP contribution in [0.15, 0.2) is 54.6 Å². The predicted molar refractivity (Wildman–Crippen MR) is 88.9 cm³/mol. The fourth-order valence-electron chi connectivity index (χ4n) is 2.35. The van der Waals surface area contributed by atoms with Gasteiger partial charge in [-0.25, -0.2) is 0 Å². The Labute approximate surface area is 127 Å². The number of benzene rings is 2. The Hall–Kier alpha value is -2.09. The smallest absolute Gasteiger partial charge is 0.231 e. The molecular formula is C19H23NO. The molecule has 0 saturated carbocycles. The second kappa shape index (κ2) is 7.63. The highest BCUT2D eigenvalue weighted by atomic mass is 16.2. The molecule has 2 aromatic carbocycles. The first kappa shape index (κ1) is 15.3. The summed E-state index contributed by atoms with van der Waals surface area (Å²) in [6.07, 6.45) is 3.77. The first-order valence-corrected chi connectivity index (χ1v) is 7.67. The molecule has 0 N–H and O–H groups in total. The second-order valence-electron chi connectivity index (χ2n) is 5.36. The second-order valence-corrected chi connectivity index (χ2v) is 5.36. The molecule has 21 heavy (non-hydrogen) atoms. The van der Waals surface area contributed by atoms with Crippen LogP contribution in [-0.2, 0) is 4.79 Å². The molecule has 2 heteroatoms. The van der Waals surface area contributed by atoms with Gasteiger partial charge in [0.15, 0.2) is 0 Å². The molecule has 0 fully saturated rings. The van der Waals surface area contributed by atoms with Crippen LogP contribution in [0.5, 0.6) is 0 Å². The molecule has 0 bridgehead atoms. The van der Waals surface area contributed by atoms with E-state index in [1.165, 1.54) is 5.56 Å². The lowest BCUT2D eigenvalue weighted by Crippen LogP contribution is -2.25. The largest absolute Gasteiger partial charge is 0.281 e. The summed E-state index contributed by atoms with van der Waals surface area (Å²) in [6, 6.07) is 18.0. The maximum absolute atomic E-state index is 12.6. The Morgan fingerprint density at radius 3 is 2.14 bits per heavy atom. The molecule has 2 rings (SSSR count). The molecule has 0 aliphatic heterocycles. The van der Waals surface area contributed by atoms with Gasteiger partial charge in [-0.2, -0.15) is 0 Å². The zero-order valence-electron chi connectivity index (χ0n) is 12.9. The van der Waals surface area contributed by atoms with E-state index in [-0.39, 0.29) is 5.91 Å². The van der Waals surface area contributed by atoms with E-state index in [2.05, 4.69) is 13.8 Å². The van der Waals surface area contributed by atoms with Crippen LogP contribution in [0.1, 0.15) is 38.2 Å². The number of amides is 1. The van der Waals surface area contributed by atoms with Crippen LogP contribution in [0.4, 0.5) is 11.4 Å². The summed E-state index contributed by atoms with van der Waals surface area (Å²) < 4.78 is 0. The van der Waals surface area contributed by atoms with Crippen LogP contribution in [0.3, 0.4) is 0 Å². The number of hydrogen-bond donors (Lipinski definition) is 0. The van der Waals surface area contributed by atoms with Crippen molar-refractivity contribution in [3.63, 3.8) is 0 Å². The third-order valence-electron chi connectivity index (χ3n) is 3.55. The summed E-state index contributed by atoms with van der Waals surface area (Å²) in [4.78, 5) is 14.5. The molecule has 0 saturated heterocycles. The highest BCUT2D eigenvalue weighted by molar-refractivity contribution is 6.00. The van der Waals surface area contributed by atoms with E-state index in [0.717, 1.165) is 30.6 Å². The minimum absolute atomic E-state index is 0.165. The molecule has 0 radical (unpaired) electrons. The lowest BCUT2D eigenvalue weighted by atomic mass is 10.1. The Morgan fingerprint density at radius 2 is 1.52 bits per heavy atom. The maximum Gasteiger partial charge on any atom is 0.231 e. The summed E-state index contributed by atoms with van der Waals surface area (Å²) in [6.45, 7) is 4.21. The first-order valence-electron chi connectivity index (χ1n) is 7.67. The van der Waals surface area contributed by atoms with Gasteiger partial charge in [-0.1, -0.05) is 55.7 Å². The maximum atomic E-state index is 12.6. The van der Waals surface area contributed by atoms with Crippen LogP contribution >= 0.6 is 0 Å². The third-order valence-corrected chi connectivity index (χ3v) is 3.55. The number of nitrogens with zero attached hydrogens (tertiary/aromatic N) is 1. The number of carbonyl (C=O) groups is 1. The molecule has 110 valence electrons. The average molecular weight is 281 g/mol. The fourth-order valence-corrected chi connectivity index (χ4v) is 2.35. The number of carbonyl (C=O) groups excluding carboxylic acids is 1. The molecule has 0 unspecified atom stereocenters.